The van der Waals surface area contributed by atoms with E-state index >= 15 is 0 Å². The highest BCUT2D eigenvalue weighted by molar-refractivity contribution is 7.92. The maximum absolute atomic E-state index is 12.9. The molecule has 180 valence electrons. The second-order valence-corrected chi connectivity index (χ2v) is 11.1. The van der Waals surface area contributed by atoms with E-state index in [4.69, 9.17) is 0 Å². The predicted molar refractivity (Wildman–Crippen MR) is 140 cm³/mol. The molecule has 6 heteroatoms. The summed E-state index contributed by atoms with van der Waals surface area (Å²) in [6.45, 7) is 12.4. The molecule has 1 N–H and O–H groups in total. The van der Waals surface area contributed by atoms with Gasteiger partial charge in [-0.3, -0.25) is 9.10 Å². The summed E-state index contributed by atoms with van der Waals surface area (Å²) in [7, 11) is -3.48. The van der Waals surface area contributed by atoms with Crippen LogP contribution in [0, 0.1) is 34.6 Å². The minimum absolute atomic E-state index is 0.128. The summed E-state index contributed by atoms with van der Waals surface area (Å²) in [6, 6.07) is 16.9. The van der Waals surface area contributed by atoms with Gasteiger partial charge < -0.3 is 5.32 Å². The van der Waals surface area contributed by atoms with Crippen molar-refractivity contribution in [1.29, 1.82) is 0 Å². The number of aryl methyl sites for hydroxylation is 5. The second-order valence-electron chi connectivity index (χ2n) is 9.22. The van der Waals surface area contributed by atoms with Crippen LogP contribution < -0.4 is 9.62 Å². The Bertz CT molecular complexity index is 1310. The summed E-state index contributed by atoms with van der Waals surface area (Å²) in [5, 5.41) is 3.08. The summed E-state index contributed by atoms with van der Waals surface area (Å²) in [6.07, 6.45) is 1.21. The third-order valence-corrected chi connectivity index (χ3v) is 7.56. The quantitative estimate of drug-likeness (QED) is 0.475. The molecule has 1 atom stereocenters. The number of anilines is 1. The maximum Gasteiger partial charge on any atom is 0.251 e. The van der Waals surface area contributed by atoms with Crippen LogP contribution in [-0.4, -0.2) is 20.6 Å². The number of benzene rings is 3. The first-order valence-electron chi connectivity index (χ1n) is 11.4. The average Bonchev–Trinajstić information content (AvgIpc) is 2.76. The van der Waals surface area contributed by atoms with E-state index in [1.54, 1.807) is 24.3 Å². The highest BCUT2D eigenvalue weighted by Crippen LogP contribution is 2.24. The van der Waals surface area contributed by atoms with Crippen molar-refractivity contribution in [3.8, 4) is 0 Å². The zero-order valence-corrected chi connectivity index (χ0v) is 21.9. The van der Waals surface area contributed by atoms with Crippen LogP contribution in [0.1, 0.15) is 62.3 Å². The number of amides is 1. The van der Waals surface area contributed by atoms with Gasteiger partial charge in [0.15, 0.2) is 0 Å². The molecule has 0 aliphatic heterocycles. The van der Waals surface area contributed by atoms with Crippen LogP contribution in [0.4, 0.5) is 5.69 Å². The Morgan fingerprint density at radius 3 is 2.00 bits per heavy atom. The molecule has 0 aliphatic carbocycles. The van der Waals surface area contributed by atoms with Crippen molar-refractivity contribution in [3.05, 3.63) is 99.1 Å². The van der Waals surface area contributed by atoms with Crippen molar-refractivity contribution >= 4 is 21.6 Å². The zero-order chi connectivity index (χ0) is 25.2. The van der Waals surface area contributed by atoms with Crippen LogP contribution in [0.3, 0.4) is 0 Å². The van der Waals surface area contributed by atoms with E-state index in [2.05, 4.69) is 38.2 Å². The van der Waals surface area contributed by atoms with Gasteiger partial charge in [0, 0.05) is 5.56 Å². The minimum Gasteiger partial charge on any atom is -0.346 e. The Balaban J connectivity index is 1.76. The highest BCUT2D eigenvalue weighted by Gasteiger charge is 2.19. The van der Waals surface area contributed by atoms with Gasteiger partial charge >= 0.3 is 0 Å². The summed E-state index contributed by atoms with van der Waals surface area (Å²) in [5.74, 6) is -0.161. The predicted octanol–water partition coefficient (Wildman–Crippen LogP) is 5.69. The van der Waals surface area contributed by atoms with Crippen molar-refractivity contribution in [2.45, 2.75) is 54.1 Å². The molecule has 0 aromatic heterocycles. The SMILES string of the molecule is Cc1ccc(N(Cc2ccc(C(=O)N[C@H](C)c3cc(C)c(C)cc3C)cc2)S(C)(=O)=O)cc1C. The third kappa shape index (κ3) is 5.86. The molecule has 0 heterocycles. The van der Waals surface area contributed by atoms with E-state index in [1.165, 1.54) is 21.7 Å². The molecule has 0 saturated carbocycles. The first-order valence-corrected chi connectivity index (χ1v) is 13.2. The molecule has 0 spiro atoms. The minimum atomic E-state index is -3.48. The van der Waals surface area contributed by atoms with Gasteiger partial charge in [0.1, 0.15) is 0 Å². The van der Waals surface area contributed by atoms with Crippen molar-refractivity contribution in [3.63, 3.8) is 0 Å². The van der Waals surface area contributed by atoms with Crippen molar-refractivity contribution < 1.29 is 13.2 Å². The smallest absolute Gasteiger partial charge is 0.251 e. The molecule has 1 amide bonds. The molecular formula is C28H34N2O3S. The number of sulfonamides is 1. The largest absolute Gasteiger partial charge is 0.346 e. The van der Waals surface area contributed by atoms with E-state index in [0.717, 1.165) is 27.8 Å². The lowest BCUT2D eigenvalue weighted by molar-refractivity contribution is 0.0939. The van der Waals surface area contributed by atoms with Gasteiger partial charge in [-0.15, -0.1) is 0 Å². The van der Waals surface area contributed by atoms with Gasteiger partial charge in [-0.25, -0.2) is 8.42 Å². The van der Waals surface area contributed by atoms with Crippen LogP contribution in [-0.2, 0) is 16.6 Å². The fraction of sp³-hybridized carbons (Fsp3) is 0.321. The van der Waals surface area contributed by atoms with Gasteiger partial charge in [0.25, 0.3) is 5.91 Å². The van der Waals surface area contributed by atoms with E-state index in [9.17, 15) is 13.2 Å². The number of nitrogens with zero attached hydrogens (tertiary/aromatic N) is 1. The number of nitrogens with one attached hydrogen (secondary N) is 1. The fourth-order valence-corrected chi connectivity index (χ4v) is 4.90. The molecule has 0 unspecified atom stereocenters. The van der Waals surface area contributed by atoms with Crippen LogP contribution in [0.15, 0.2) is 54.6 Å². The normalized spacial score (nSPS) is 12.3. The second kappa shape index (κ2) is 10.0. The van der Waals surface area contributed by atoms with Crippen LogP contribution in [0.2, 0.25) is 0 Å². The first-order chi connectivity index (χ1) is 15.9. The molecule has 0 saturated heterocycles. The maximum atomic E-state index is 12.9. The lowest BCUT2D eigenvalue weighted by Gasteiger charge is -2.23. The van der Waals surface area contributed by atoms with Crippen LogP contribution in [0.25, 0.3) is 0 Å². The Kier molecular flexibility index (Phi) is 7.51. The molecule has 0 radical (unpaired) electrons. The van der Waals surface area contributed by atoms with E-state index in [1.807, 2.05) is 39.0 Å². The fourth-order valence-electron chi connectivity index (χ4n) is 4.02. The van der Waals surface area contributed by atoms with E-state index < -0.39 is 10.0 Å². The molecule has 0 fully saturated rings. The zero-order valence-electron chi connectivity index (χ0n) is 21.1. The van der Waals surface area contributed by atoms with Gasteiger partial charge in [-0.05, 0) is 105 Å². The van der Waals surface area contributed by atoms with Crippen LogP contribution in [0.5, 0.6) is 0 Å². The van der Waals surface area contributed by atoms with Gasteiger partial charge in [0.2, 0.25) is 10.0 Å². The summed E-state index contributed by atoms with van der Waals surface area (Å²) in [5.41, 5.74) is 8.80. The number of rotatable bonds is 7. The third-order valence-electron chi connectivity index (χ3n) is 6.42. The molecule has 5 nitrogen and oxygen atoms in total. The molecule has 0 bridgehead atoms. The molecular weight excluding hydrogens is 444 g/mol. The van der Waals surface area contributed by atoms with Crippen LogP contribution >= 0.6 is 0 Å². The molecule has 3 rings (SSSR count). The van der Waals surface area contributed by atoms with E-state index in [0.29, 0.717) is 11.3 Å². The Labute approximate surface area is 203 Å². The summed E-state index contributed by atoms with van der Waals surface area (Å²) >= 11 is 0. The number of carbonyl (C=O) groups excluding carboxylic acids is 1. The molecule has 3 aromatic rings. The molecule has 0 aliphatic rings. The summed E-state index contributed by atoms with van der Waals surface area (Å²) in [4.78, 5) is 12.9. The number of carbonyl (C=O) groups is 1. The van der Waals surface area contributed by atoms with Gasteiger partial charge in [-0.1, -0.05) is 30.3 Å². The first kappa shape index (κ1) is 25.5. The van der Waals surface area contributed by atoms with Crippen molar-refractivity contribution in [1.82, 2.24) is 5.32 Å². The van der Waals surface area contributed by atoms with Crippen molar-refractivity contribution in [2.75, 3.05) is 10.6 Å². The topological polar surface area (TPSA) is 66.5 Å². The van der Waals surface area contributed by atoms with Gasteiger partial charge in [0.05, 0.1) is 24.5 Å². The highest BCUT2D eigenvalue weighted by atomic mass is 32.2. The van der Waals surface area contributed by atoms with Gasteiger partial charge in [-0.2, -0.15) is 0 Å². The summed E-state index contributed by atoms with van der Waals surface area (Å²) < 4.78 is 26.4. The molecule has 34 heavy (non-hydrogen) atoms. The Morgan fingerprint density at radius 1 is 0.824 bits per heavy atom. The number of hydrogen-bond donors (Lipinski definition) is 1. The van der Waals surface area contributed by atoms with E-state index in [-0.39, 0.29) is 18.5 Å². The van der Waals surface area contributed by atoms with Crippen molar-refractivity contribution in [2.24, 2.45) is 0 Å². The monoisotopic (exact) mass is 478 g/mol. The lowest BCUT2D eigenvalue weighted by Crippen LogP contribution is -2.29. The lowest BCUT2D eigenvalue weighted by atomic mass is 9.96. The average molecular weight is 479 g/mol. The number of hydrogen-bond acceptors (Lipinski definition) is 3. The molecule has 3 aromatic carbocycles. The standard InChI is InChI=1S/C28H34N2O3S/c1-18-8-13-26(15-20(18)3)30(34(7,32)33)17-24-9-11-25(12-10-24)28(31)29-23(6)27-16-21(4)19(2)14-22(27)5/h8-16,23H,17H2,1-7H3,(H,29,31)/t23-/m1/s1. The Morgan fingerprint density at radius 2 is 1.41 bits per heavy atom. The Hall–Kier alpha value is -3.12.